The third-order valence-corrected chi connectivity index (χ3v) is 7.66. The minimum atomic E-state index is -0.416. The monoisotopic (exact) mass is 498 g/mol. The van der Waals surface area contributed by atoms with Gasteiger partial charge < -0.3 is 15.2 Å². The number of hydrogen-bond donors (Lipinski definition) is 1. The number of thiazole rings is 1. The quantitative estimate of drug-likeness (QED) is 0.283. The molecule has 0 unspecified atom stereocenters. The molecule has 0 saturated carbocycles. The molecule has 0 radical (unpaired) electrons. The summed E-state index contributed by atoms with van der Waals surface area (Å²) in [6, 6.07) is 5.78. The number of nitrogens with two attached hydrogens (primary N) is 1. The topological polar surface area (TPSA) is 100 Å². The van der Waals surface area contributed by atoms with Crippen molar-refractivity contribution in [2.24, 2.45) is 0 Å². The van der Waals surface area contributed by atoms with Gasteiger partial charge in [0.15, 0.2) is 12.4 Å². The molecule has 0 bridgehead atoms. The highest BCUT2D eigenvalue weighted by atomic mass is 32.1. The minimum Gasteiger partial charge on any atom is -0.486 e. The average molecular weight is 499 g/mol. The average Bonchev–Trinajstić information content (AvgIpc) is 3.34. The molecule has 10 heteroatoms. The highest BCUT2D eigenvalue weighted by molar-refractivity contribution is 7.19. The maximum Gasteiger partial charge on any atom is 0.312 e. The number of halogens is 1. The fourth-order valence-electron chi connectivity index (χ4n) is 3.99. The molecular formula is C24H23FN4O3S2. The zero-order valence-electron chi connectivity index (χ0n) is 18.4. The summed E-state index contributed by atoms with van der Waals surface area (Å²) in [5, 5.41) is 3.48. The molecule has 0 atom stereocenters. The first-order valence-corrected chi connectivity index (χ1v) is 12.8. The van der Waals surface area contributed by atoms with Crippen molar-refractivity contribution in [1.82, 2.24) is 15.0 Å². The van der Waals surface area contributed by atoms with Gasteiger partial charge in [-0.05, 0) is 55.5 Å². The van der Waals surface area contributed by atoms with Crippen molar-refractivity contribution in [3.8, 4) is 5.75 Å². The molecule has 4 aromatic rings. The molecule has 176 valence electrons. The molecule has 0 aliphatic heterocycles. The van der Waals surface area contributed by atoms with Crippen LogP contribution in [0.5, 0.6) is 5.75 Å². The van der Waals surface area contributed by atoms with Crippen LogP contribution < -0.4 is 10.5 Å². The second kappa shape index (κ2) is 10.0. The lowest BCUT2D eigenvalue weighted by molar-refractivity contribution is -0.144. The first-order chi connectivity index (χ1) is 16.5. The molecule has 1 aliphatic rings. The Labute approximate surface area is 203 Å². The fraction of sp³-hybridized carbons (Fsp3) is 0.333. The summed E-state index contributed by atoms with van der Waals surface area (Å²) >= 11 is 3.06. The molecule has 34 heavy (non-hydrogen) atoms. The van der Waals surface area contributed by atoms with E-state index in [1.54, 1.807) is 28.8 Å². The first kappa shape index (κ1) is 22.7. The van der Waals surface area contributed by atoms with Gasteiger partial charge in [-0.15, -0.1) is 22.7 Å². The predicted molar refractivity (Wildman–Crippen MR) is 129 cm³/mol. The molecule has 0 spiro atoms. The van der Waals surface area contributed by atoms with E-state index in [9.17, 15) is 9.18 Å². The SMILES string of the molecule is Nc1nc(COC(=O)Cc2csc(COc3ccc(F)cc3)n2)nc2sc3c(c12)CCCCC3. The predicted octanol–water partition coefficient (Wildman–Crippen LogP) is 5.00. The van der Waals surface area contributed by atoms with E-state index in [4.69, 9.17) is 15.2 Å². The highest BCUT2D eigenvalue weighted by Gasteiger charge is 2.20. The van der Waals surface area contributed by atoms with Crippen LogP contribution in [0, 0.1) is 5.82 Å². The normalized spacial score (nSPS) is 13.4. The van der Waals surface area contributed by atoms with Crippen LogP contribution in [0.15, 0.2) is 29.6 Å². The van der Waals surface area contributed by atoms with Crippen LogP contribution in [-0.2, 0) is 42.0 Å². The Kier molecular flexibility index (Phi) is 6.68. The molecule has 1 aliphatic carbocycles. The van der Waals surface area contributed by atoms with Crippen molar-refractivity contribution >= 4 is 44.7 Å². The van der Waals surface area contributed by atoms with Gasteiger partial charge in [-0.25, -0.2) is 19.3 Å². The van der Waals surface area contributed by atoms with Crippen LogP contribution >= 0.6 is 22.7 Å². The second-order valence-electron chi connectivity index (χ2n) is 8.08. The van der Waals surface area contributed by atoms with Crippen molar-refractivity contribution in [3.63, 3.8) is 0 Å². The van der Waals surface area contributed by atoms with E-state index in [1.165, 1.54) is 46.8 Å². The zero-order valence-corrected chi connectivity index (χ0v) is 20.0. The molecule has 0 saturated heterocycles. The lowest BCUT2D eigenvalue weighted by Gasteiger charge is -2.06. The molecular weight excluding hydrogens is 475 g/mol. The van der Waals surface area contributed by atoms with Gasteiger partial charge in [0.1, 0.15) is 33.8 Å². The van der Waals surface area contributed by atoms with E-state index in [1.807, 2.05) is 0 Å². The van der Waals surface area contributed by atoms with Crippen LogP contribution in [0.1, 0.15) is 46.2 Å². The third-order valence-electron chi connectivity index (χ3n) is 5.60. The van der Waals surface area contributed by atoms with Crippen molar-refractivity contribution in [2.45, 2.75) is 51.7 Å². The maximum absolute atomic E-state index is 13.0. The maximum atomic E-state index is 13.0. The van der Waals surface area contributed by atoms with Crippen molar-refractivity contribution < 1.29 is 18.7 Å². The number of rotatable bonds is 7. The summed E-state index contributed by atoms with van der Waals surface area (Å²) in [5.74, 6) is 0.680. The molecule has 0 amide bonds. The van der Waals surface area contributed by atoms with Gasteiger partial charge >= 0.3 is 5.97 Å². The summed E-state index contributed by atoms with van der Waals surface area (Å²) < 4.78 is 24.0. The fourth-order valence-corrected chi connectivity index (χ4v) is 5.98. The van der Waals surface area contributed by atoms with E-state index in [0.29, 0.717) is 28.1 Å². The Morgan fingerprint density at radius 2 is 1.88 bits per heavy atom. The number of benzene rings is 1. The summed E-state index contributed by atoms with van der Waals surface area (Å²) in [6.07, 6.45) is 5.70. The lowest BCUT2D eigenvalue weighted by atomic mass is 10.1. The number of ether oxygens (including phenoxy) is 2. The number of nitrogens with zero attached hydrogens (tertiary/aromatic N) is 3. The van der Waals surface area contributed by atoms with Crippen LogP contribution in [-0.4, -0.2) is 20.9 Å². The molecule has 2 N–H and O–H groups in total. The highest BCUT2D eigenvalue weighted by Crippen LogP contribution is 2.37. The van der Waals surface area contributed by atoms with Crippen LogP contribution in [0.25, 0.3) is 10.2 Å². The Hall–Kier alpha value is -3.11. The molecule has 0 fully saturated rings. The van der Waals surface area contributed by atoms with E-state index < -0.39 is 5.97 Å². The number of esters is 1. The minimum absolute atomic E-state index is 0.0355. The standard InChI is InChI=1S/C24H23FN4O3S2/c25-14-6-8-16(9-7-14)31-12-20-27-15(13-33-20)10-21(30)32-11-19-28-23(26)22-17-4-2-1-3-5-18(17)34-24(22)29-19/h6-9,13H,1-5,10-12H2,(H2,26,28,29). The van der Waals surface area contributed by atoms with Crippen molar-refractivity contribution in [2.75, 3.05) is 5.73 Å². The van der Waals surface area contributed by atoms with Gasteiger partial charge in [0.2, 0.25) is 0 Å². The summed E-state index contributed by atoms with van der Waals surface area (Å²) in [6.45, 7) is 0.204. The number of anilines is 1. The zero-order chi connectivity index (χ0) is 23.5. The Morgan fingerprint density at radius 3 is 2.74 bits per heavy atom. The van der Waals surface area contributed by atoms with Crippen LogP contribution in [0.4, 0.5) is 10.2 Å². The van der Waals surface area contributed by atoms with E-state index in [-0.39, 0.29) is 25.5 Å². The van der Waals surface area contributed by atoms with E-state index >= 15 is 0 Å². The van der Waals surface area contributed by atoms with Gasteiger partial charge in [0, 0.05) is 10.3 Å². The van der Waals surface area contributed by atoms with E-state index in [2.05, 4.69) is 15.0 Å². The number of fused-ring (bicyclic) bond motifs is 3. The number of hydrogen-bond acceptors (Lipinski definition) is 9. The Morgan fingerprint density at radius 1 is 1.06 bits per heavy atom. The van der Waals surface area contributed by atoms with Gasteiger partial charge in [-0.1, -0.05) is 6.42 Å². The Balaban J connectivity index is 1.17. The number of thiophene rings is 1. The first-order valence-electron chi connectivity index (χ1n) is 11.1. The van der Waals surface area contributed by atoms with Gasteiger partial charge in [-0.2, -0.15) is 0 Å². The number of aromatic nitrogens is 3. The molecule has 3 heterocycles. The summed E-state index contributed by atoms with van der Waals surface area (Å²) in [7, 11) is 0. The van der Waals surface area contributed by atoms with E-state index in [0.717, 1.165) is 29.5 Å². The molecule has 7 nitrogen and oxygen atoms in total. The molecule has 5 rings (SSSR count). The molecule has 1 aromatic carbocycles. The largest absolute Gasteiger partial charge is 0.486 e. The summed E-state index contributed by atoms with van der Waals surface area (Å²) in [5.41, 5.74) is 8.16. The number of nitrogen functional groups attached to an aromatic ring is 1. The second-order valence-corrected chi connectivity index (χ2v) is 10.1. The third kappa shape index (κ3) is 5.18. The number of carbonyl (C=O) groups excluding carboxylic acids is 1. The van der Waals surface area contributed by atoms with Crippen molar-refractivity contribution in [3.05, 3.63) is 62.4 Å². The van der Waals surface area contributed by atoms with Gasteiger partial charge in [0.05, 0.1) is 17.5 Å². The smallest absolute Gasteiger partial charge is 0.312 e. The number of aryl methyl sites for hydroxylation is 2. The number of carbonyl (C=O) groups is 1. The Bertz CT molecular complexity index is 1320. The van der Waals surface area contributed by atoms with Crippen molar-refractivity contribution in [1.29, 1.82) is 0 Å². The van der Waals surface area contributed by atoms with Crippen LogP contribution in [0.3, 0.4) is 0 Å². The van der Waals surface area contributed by atoms with Crippen LogP contribution in [0.2, 0.25) is 0 Å². The molecule has 3 aromatic heterocycles. The van der Waals surface area contributed by atoms with Gasteiger partial charge in [-0.3, -0.25) is 4.79 Å². The summed E-state index contributed by atoms with van der Waals surface area (Å²) in [4.78, 5) is 28.0. The lowest BCUT2D eigenvalue weighted by Crippen LogP contribution is -2.11. The van der Waals surface area contributed by atoms with Gasteiger partial charge in [0.25, 0.3) is 0 Å².